The Labute approximate surface area is 152 Å². The standard InChI is InChI=1S/C19H26N4O3/c1-3-11(2)23-15-5-4-6-16(24)17(15)18(22-23)19(25)21-12-7-13-9-26-10-14(8-12)20-13/h4-6,11-14,20,24H,3,7-10H2,1-2H3,(H,21,25)/t11-,12?,13-,14+/m0/s1. The average Bonchev–Trinajstić information content (AvgIpc) is 3.02. The van der Waals surface area contributed by atoms with Crippen molar-refractivity contribution in [2.75, 3.05) is 13.2 Å². The first kappa shape index (κ1) is 17.3. The molecular weight excluding hydrogens is 332 g/mol. The minimum atomic E-state index is -0.218. The second kappa shape index (κ2) is 6.89. The average molecular weight is 358 g/mol. The highest BCUT2D eigenvalue weighted by atomic mass is 16.5. The lowest BCUT2D eigenvalue weighted by Crippen LogP contribution is -2.58. The summed E-state index contributed by atoms with van der Waals surface area (Å²) in [4.78, 5) is 13.0. The molecule has 2 aromatic rings. The van der Waals surface area contributed by atoms with E-state index in [9.17, 15) is 9.90 Å². The summed E-state index contributed by atoms with van der Waals surface area (Å²) in [5, 5.41) is 22.1. The fraction of sp³-hybridized carbons (Fsp3) is 0.579. The Hall–Kier alpha value is -2.12. The van der Waals surface area contributed by atoms with Crippen molar-refractivity contribution in [2.24, 2.45) is 0 Å². The number of nitrogens with zero attached hydrogens (tertiary/aromatic N) is 2. The number of rotatable bonds is 4. The molecule has 7 nitrogen and oxygen atoms in total. The molecule has 3 heterocycles. The van der Waals surface area contributed by atoms with Crippen LogP contribution >= 0.6 is 0 Å². The normalized spacial score (nSPS) is 26.6. The molecule has 140 valence electrons. The number of nitrogens with one attached hydrogen (secondary N) is 2. The molecule has 1 amide bonds. The van der Waals surface area contributed by atoms with Gasteiger partial charge in [0, 0.05) is 24.2 Å². The van der Waals surface area contributed by atoms with Crippen LogP contribution < -0.4 is 10.6 Å². The number of phenols is 1. The molecule has 2 aliphatic rings. The van der Waals surface area contributed by atoms with E-state index in [-0.39, 0.29) is 35.8 Å². The van der Waals surface area contributed by atoms with Crippen molar-refractivity contribution < 1.29 is 14.6 Å². The van der Waals surface area contributed by atoms with Crippen LogP contribution in [0.4, 0.5) is 0 Å². The molecule has 3 N–H and O–H groups in total. The van der Waals surface area contributed by atoms with Crippen molar-refractivity contribution in [1.82, 2.24) is 20.4 Å². The van der Waals surface area contributed by atoms with Crippen molar-refractivity contribution >= 4 is 16.8 Å². The van der Waals surface area contributed by atoms with E-state index in [0.29, 0.717) is 24.3 Å². The van der Waals surface area contributed by atoms with Gasteiger partial charge in [0.2, 0.25) is 0 Å². The summed E-state index contributed by atoms with van der Waals surface area (Å²) >= 11 is 0. The highest BCUT2D eigenvalue weighted by molar-refractivity contribution is 6.07. The van der Waals surface area contributed by atoms with E-state index >= 15 is 0 Å². The first-order chi connectivity index (χ1) is 12.6. The molecule has 1 aromatic carbocycles. The van der Waals surface area contributed by atoms with Crippen molar-refractivity contribution in [3.05, 3.63) is 23.9 Å². The number of carbonyl (C=O) groups excluding carboxylic acids is 1. The van der Waals surface area contributed by atoms with Crippen LogP contribution in [0.1, 0.15) is 49.6 Å². The van der Waals surface area contributed by atoms with E-state index in [0.717, 1.165) is 24.8 Å². The lowest BCUT2D eigenvalue weighted by molar-refractivity contribution is 0.0148. The van der Waals surface area contributed by atoms with E-state index in [1.54, 1.807) is 12.1 Å². The van der Waals surface area contributed by atoms with Gasteiger partial charge in [-0.05, 0) is 38.3 Å². The first-order valence-electron chi connectivity index (χ1n) is 9.41. The number of ether oxygens (including phenoxy) is 1. The second-order valence-electron chi connectivity index (χ2n) is 7.46. The van der Waals surface area contributed by atoms with Crippen LogP contribution in [0, 0.1) is 0 Å². The highest BCUT2D eigenvalue weighted by Crippen LogP contribution is 2.30. The molecule has 0 aliphatic carbocycles. The van der Waals surface area contributed by atoms with Gasteiger partial charge in [0.15, 0.2) is 5.69 Å². The summed E-state index contributed by atoms with van der Waals surface area (Å²) < 4.78 is 7.41. The molecule has 1 aromatic heterocycles. The molecule has 2 fully saturated rings. The Morgan fingerprint density at radius 2 is 2.15 bits per heavy atom. The zero-order valence-electron chi connectivity index (χ0n) is 15.2. The maximum atomic E-state index is 13.0. The highest BCUT2D eigenvalue weighted by Gasteiger charge is 2.33. The zero-order valence-corrected chi connectivity index (χ0v) is 15.2. The predicted octanol–water partition coefficient (Wildman–Crippen LogP) is 1.96. The summed E-state index contributed by atoms with van der Waals surface area (Å²) in [6.07, 6.45) is 2.58. The number of aromatic hydroxyl groups is 1. The molecule has 0 spiro atoms. The minimum absolute atomic E-state index is 0.0947. The smallest absolute Gasteiger partial charge is 0.272 e. The molecular formula is C19H26N4O3. The van der Waals surface area contributed by atoms with Crippen LogP contribution in [0.2, 0.25) is 0 Å². The van der Waals surface area contributed by atoms with Crippen molar-refractivity contribution in [3.8, 4) is 5.75 Å². The van der Waals surface area contributed by atoms with Crippen molar-refractivity contribution in [2.45, 2.75) is 57.3 Å². The number of hydrogen-bond acceptors (Lipinski definition) is 5. The SMILES string of the molecule is CC[C@H](C)n1nc(C(=O)NC2C[C@H]3COC[C@@H](C2)N3)c2c(O)cccc21. The van der Waals surface area contributed by atoms with Gasteiger partial charge < -0.3 is 20.5 Å². The summed E-state index contributed by atoms with van der Waals surface area (Å²) in [5.74, 6) is -0.123. The van der Waals surface area contributed by atoms with E-state index in [2.05, 4.69) is 29.6 Å². The van der Waals surface area contributed by atoms with Crippen LogP contribution in [-0.4, -0.2) is 52.1 Å². The maximum Gasteiger partial charge on any atom is 0.272 e. The fourth-order valence-electron chi connectivity index (χ4n) is 4.05. The van der Waals surface area contributed by atoms with Gasteiger partial charge in [0.05, 0.1) is 24.1 Å². The third kappa shape index (κ3) is 3.05. The monoisotopic (exact) mass is 358 g/mol. The minimum Gasteiger partial charge on any atom is -0.507 e. The van der Waals surface area contributed by atoms with Crippen LogP contribution in [0.25, 0.3) is 10.9 Å². The Kier molecular flexibility index (Phi) is 4.58. The number of piperidine rings is 1. The summed E-state index contributed by atoms with van der Waals surface area (Å²) in [7, 11) is 0. The molecule has 1 unspecified atom stereocenters. The van der Waals surface area contributed by atoms with Crippen LogP contribution in [-0.2, 0) is 4.74 Å². The van der Waals surface area contributed by atoms with Crippen LogP contribution in [0.15, 0.2) is 18.2 Å². The van der Waals surface area contributed by atoms with Crippen LogP contribution in [0.5, 0.6) is 5.75 Å². The van der Waals surface area contributed by atoms with E-state index in [1.165, 1.54) is 0 Å². The topological polar surface area (TPSA) is 88.4 Å². The largest absolute Gasteiger partial charge is 0.507 e. The summed E-state index contributed by atoms with van der Waals surface area (Å²) in [6.45, 7) is 5.52. The lowest BCUT2D eigenvalue weighted by Gasteiger charge is -2.40. The van der Waals surface area contributed by atoms with Crippen LogP contribution in [0.3, 0.4) is 0 Å². The van der Waals surface area contributed by atoms with Gasteiger partial charge in [-0.25, -0.2) is 0 Å². The molecule has 2 saturated heterocycles. The summed E-state index contributed by atoms with van der Waals surface area (Å²) in [5.41, 5.74) is 1.10. The van der Waals surface area contributed by atoms with E-state index < -0.39 is 0 Å². The molecule has 2 aliphatic heterocycles. The van der Waals surface area contributed by atoms with Gasteiger partial charge in [-0.15, -0.1) is 0 Å². The molecule has 4 rings (SSSR count). The van der Waals surface area contributed by atoms with Gasteiger partial charge >= 0.3 is 0 Å². The zero-order chi connectivity index (χ0) is 18.3. The van der Waals surface area contributed by atoms with E-state index in [1.807, 2.05) is 10.7 Å². The first-order valence-corrected chi connectivity index (χ1v) is 9.41. The maximum absolute atomic E-state index is 13.0. The number of carbonyl (C=O) groups is 1. The Morgan fingerprint density at radius 1 is 1.42 bits per heavy atom. The molecule has 7 heteroatoms. The number of morpholine rings is 1. The molecule has 0 saturated carbocycles. The number of hydrogen-bond donors (Lipinski definition) is 3. The number of phenolic OH excluding ortho intramolecular Hbond substituents is 1. The third-order valence-corrected chi connectivity index (χ3v) is 5.52. The predicted molar refractivity (Wildman–Crippen MR) is 98.4 cm³/mol. The Morgan fingerprint density at radius 3 is 2.85 bits per heavy atom. The second-order valence-corrected chi connectivity index (χ2v) is 7.46. The number of amides is 1. The van der Waals surface area contributed by atoms with Gasteiger partial charge in [-0.3, -0.25) is 9.48 Å². The van der Waals surface area contributed by atoms with Gasteiger partial charge in [-0.1, -0.05) is 13.0 Å². The van der Waals surface area contributed by atoms with Gasteiger partial charge in [0.25, 0.3) is 5.91 Å². The lowest BCUT2D eigenvalue weighted by atomic mass is 9.92. The molecule has 26 heavy (non-hydrogen) atoms. The molecule has 0 radical (unpaired) electrons. The van der Waals surface area contributed by atoms with Gasteiger partial charge in [0.1, 0.15) is 5.75 Å². The van der Waals surface area contributed by atoms with E-state index in [4.69, 9.17) is 4.74 Å². The van der Waals surface area contributed by atoms with Crippen molar-refractivity contribution in [3.63, 3.8) is 0 Å². The van der Waals surface area contributed by atoms with Crippen molar-refractivity contribution in [1.29, 1.82) is 0 Å². The Balaban J connectivity index is 1.62. The number of aromatic nitrogens is 2. The van der Waals surface area contributed by atoms with Gasteiger partial charge in [-0.2, -0.15) is 5.10 Å². The summed E-state index contributed by atoms with van der Waals surface area (Å²) in [6, 6.07) is 6.11. The molecule has 2 bridgehead atoms. The number of benzene rings is 1. The fourth-order valence-corrected chi connectivity index (χ4v) is 4.05. The third-order valence-electron chi connectivity index (χ3n) is 5.52. The quantitative estimate of drug-likeness (QED) is 0.778. The Bertz CT molecular complexity index is 806. The molecule has 4 atom stereocenters. The number of fused-ring (bicyclic) bond motifs is 3.